The first-order valence-corrected chi connectivity index (χ1v) is 24.3. The number of nitrogens with zero attached hydrogens (tertiary/aromatic N) is 8. The van der Waals surface area contributed by atoms with Crippen LogP contribution in [0.5, 0.6) is 0 Å². The number of aromatic amines is 1. The molecule has 4 saturated heterocycles. The first-order valence-electron chi connectivity index (χ1n) is 19.2. The molecule has 23 nitrogen and oxygen atoms in total. The molecule has 2 amide bonds. The highest BCUT2D eigenvalue weighted by molar-refractivity contribution is 8.07. The number of halogens is 1. The number of nitriles is 1. The summed E-state index contributed by atoms with van der Waals surface area (Å²) in [5.74, 6) is -1.42. The van der Waals surface area contributed by atoms with Crippen molar-refractivity contribution in [3.8, 4) is 6.07 Å². The highest BCUT2D eigenvalue weighted by Gasteiger charge is 2.66. The molecule has 2 unspecified atom stereocenters. The Kier molecular flexibility index (Phi) is 11.8. The molecule has 1 aromatic carbocycles. The number of hydrogen-bond acceptors (Lipinski definition) is 19. The van der Waals surface area contributed by atoms with Crippen LogP contribution in [-0.2, 0) is 65.2 Å². The summed E-state index contributed by atoms with van der Waals surface area (Å²) < 4.78 is 68.8. The van der Waals surface area contributed by atoms with Crippen LogP contribution in [-0.4, -0.2) is 118 Å². The molecule has 0 spiro atoms. The summed E-state index contributed by atoms with van der Waals surface area (Å²) in [4.78, 5) is 74.1. The van der Waals surface area contributed by atoms with Crippen LogP contribution < -0.4 is 16.2 Å². The third-order valence-corrected chi connectivity index (χ3v) is 14.3. The number of imidazole rings is 2. The van der Waals surface area contributed by atoms with Crippen molar-refractivity contribution >= 4 is 83.0 Å². The zero-order chi connectivity index (χ0) is 44.3. The van der Waals surface area contributed by atoms with Crippen LogP contribution in [0.1, 0.15) is 43.1 Å². The summed E-state index contributed by atoms with van der Waals surface area (Å²) in [5.41, 5.74) is -1.79. The van der Waals surface area contributed by atoms with Gasteiger partial charge in [-0.05, 0) is 35.7 Å². The van der Waals surface area contributed by atoms with Crippen molar-refractivity contribution in [1.82, 2.24) is 39.0 Å². The Bertz CT molecular complexity index is 2800. The van der Waals surface area contributed by atoms with E-state index in [-0.39, 0.29) is 53.7 Å². The number of ether oxygens (including phenoxy) is 3. The molecule has 4 aromatic heterocycles. The van der Waals surface area contributed by atoms with Gasteiger partial charge in [0.05, 0.1) is 51.6 Å². The van der Waals surface area contributed by atoms with E-state index in [9.17, 15) is 24.5 Å². The predicted molar refractivity (Wildman–Crippen MR) is 221 cm³/mol. The summed E-state index contributed by atoms with van der Waals surface area (Å²) in [6.07, 6.45) is -6.35. The average molecular weight is 948 g/mol. The van der Waals surface area contributed by atoms with Gasteiger partial charge in [-0.1, -0.05) is 32.0 Å². The normalized spacial score (nSPS) is 31.8. The lowest BCUT2D eigenvalue weighted by Gasteiger charge is -2.34. The second-order valence-corrected chi connectivity index (χ2v) is 20.7. The van der Waals surface area contributed by atoms with Crippen LogP contribution in [0.2, 0.25) is 0 Å². The standard InChI is InChI=1S/C35H36FN11O12P2S2/c1-17(2)29(48)44-34-43-28-22(31(50)45-34)41-16-47(28)32-23-20(36)19(56-32)11-54-61(63,53-10-6-9-37)59-25-24-33(57-35(25,12-52-24)13-55-60(51,62)58-23)46-15-40-21-26(38-14-39-27(21)46)42-30(49)18-7-4-3-5-8-18/h3-5,7-8,14-17,19-20,23-25,32-33H,6,10-13H2,1-2H3,(H,51,62)(H,38,39,42,49)(H2,43,44,45,48,50)/t19-,20+,23-,24-,25+,32-,33-,35-,60?,61?/m1/s1. The summed E-state index contributed by atoms with van der Waals surface area (Å²) in [6, 6.07) is 10.5. The highest BCUT2D eigenvalue weighted by Crippen LogP contribution is 2.60. The van der Waals surface area contributed by atoms with Crippen LogP contribution in [0.15, 0.2) is 54.1 Å². The molecule has 9 rings (SSSR count). The zero-order valence-electron chi connectivity index (χ0n) is 32.9. The Hall–Kier alpha value is -4.58. The van der Waals surface area contributed by atoms with Crippen molar-refractivity contribution in [1.29, 1.82) is 5.26 Å². The van der Waals surface area contributed by atoms with E-state index in [0.717, 1.165) is 6.33 Å². The third kappa shape index (κ3) is 8.34. The Balaban J connectivity index is 1.04. The summed E-state index contributed by atoms with van der Waals surface area (Å²) >= 11 is 11.3. The van der Waals surface area contributed by atoms with Crippen molar-refractivity contribution in [2.75, 3.05) is 37.1 Å². The lowest BCUT2D eigenvalue weighted by Crippen LogP contribution is -2.46. The minimum Gasteiger partial charge on any atom is -0.367 e. The van der Waals surface area contributed by atoms with Gasteiger partial charge in [0.25, 0.3) is 11.5 Å². The minimum absolute atomic E-state index is 0.108. The van der Waals surface area contributed by atoms with Gasteiger partial charge in [0, 0.05) is 11.5 Å². The van der Waals surface area contributed by atoms with Crippen LogP contribution in [0, 0.1) is 17.2 Å². The Labute approximate surface area is 365 Å². The van der Waals surface area contributed by atoms with Gasteiger partial charge in [0.15, 0.2) is 46.8 Å². The number of rotatable bonds is 9. The van der Waals surface area contributed by atoms with E-state index in [2.05, 4.69) is 40.5 Å². The Morgan fingerprint density at radius 2 is 1.81 bits per heavy atom. The highest BCUT2D eigenvalue weighted by atomic mass is 32.5. The molecule has 8 heterocycles. The molecule has 4 N–H and O–H groups in total. The monoisotopic (exact) mass is 947 g/mol. The molecule has 4 aliphatic heterocycles. The SMILES string of the molecule is CC(C)C(=O)Nc1nc2c(ncn2[C@@H]2O[C@@H]3COP(=S)(OCCC#N)O[C@H]4[C@H]5OC[C@]4(COP(O)(=S)O[C@@H]2[C@H]3F)O[C@H]5n2cnc3c(NC(=O)c4ccccc4)ncnc32)c(=O)[nH]1. The van der Waals surface area contributed by atoms with Crippen LogP contribution in [0.25, 0.3) is 22.3 Å². The van der Waals surface area contributed by atoms with Crippen molar-refractivity contribution in [2.24, 2.45) is 5.92 Å². The van der Waals surface area contributed by atoms with E-state index in [4.69, 9.17) is 60.4 Å². The second kappa shape index (κ2) is 17.1. The number of carbonyl (C=O) groups is 2. The molecular weight excluding hydrogens is 912 g/mol. The van der Waals surface area contributed by atoms with E-state index in [1.165, 1.54) is 21.8 Å². The molecule has 0 radical (unpaired) electrons. The third-order valence-electron chi connectivity index (χ3n) is 10.4. The van der Waals surface area contributed by atoms with Crippen LogP contribution in [0.3, 0.4) is 0 Å². The lowest BCUT2D eigenvalue weighted by molar-refractivity contribution is -0.183. The van der Waals surface area contributed by atoms with Gasteiger partial charge in [-0.15, -0.1) is 0 Å². The van der Waals surface area contributed by atoms with Gasteiger partial charge < -0.3 is 38.0 Å². The quantitative estimate of drug-likeness (QED) is 0.122. The first-order chi connectivity index (χ1) is 30.2. The topological polar surface area (TPSA) is 283 Å². The predicted octanol–water partition coefficient (Wildman–Crippen LogP) is 2.90. The molecule has 332 valence electrons. The van der Waals surface area contributed by atoms with E-state index in [1.54, 1.807) is 44.2 Å². The maximum Gasteiger partial charge on any atom is 0.327 e. The molecular formula is C35H36FN11O12P2S2. The van der Waals surface area contributed by atoms with E-state index < -0.39 is 98.6 Å². The fourth-order valence-electron chi connectivity index (χ4n) is 7.35. The van der Waals surface area contributed by atoms with Crippen molar-refractivity contribution < 1.29 is 55.7 Å². The number of aromatic nitrogens is 8. The Morgan fingerprint density at radius 3 is 2.57 bits per heavy atom. The molecule has 63 heavy (non-hydrogen) atoms. The molecule has 4 fully saturated rings. The molecule has 10 atom stereocenters. The molecule has 4 aliphatic rings. The first kappa shape index (κ1) is 43.7. The number of H-pyrrole nitrogens is 1. The maximum atomic E-state index is 16.6. The molecule has 4 bridgehead atoms. The van der Waals surface area contributed by atoms with Crippen molar-refractivity contribution in [3.63, 3.8) is 0 Å². The van der Waals surface area contributed by atoms with Gasteiger partial charge in [-0.25, -0.2) is 24.3 Å². The van der Waals surface area contributed by atoms with Gasteiger partial charge in [0.2, 0.25) is 11.9 Å². The lowest BCUT2D eigenvalue weighted by atomic mass is 10.0. The smallest absolute Gasteiger partial charge is 0.327 e. The number of anilines is 2. The second-order valence-electron chi connectivity index (χ2n) is 14.9. The van der Waals surface area contributed by atoms with E-state index >= 15 is 4.39 Å². The number of nitrogens with one attached hydrogen (secondary N) is 3. The number of alkyl halides is 1. The fourth-order valence-corrected chi connectivity index (χ4v) is 10.9. The summed E-state index contributed by atoms with van der Waals surface area (Å²) in [6.45, 7) is -6.74. The van der Waals surface area contributed by atoms with Gasteiger partial charge >= 0.3 is 13.4 Å². The number of amides is 2. The van der Waals surface area contributed by atoms with Crippen molar-refractivity contribution in [3.05, 3.63) is 65.2 Å². The average Bonchev–Trinajstić information content (AvgIpc) is 4.08. The minimum atomic E-state index is -4.45. The summed E-state index contributed by atoms with van der Waals surface area (Å²) in [5, 5.41) is 14.6. The summed E-state index contributed by atoms with van der Waals surface area (Å²) in [7, 11) is 0. The molecule has 0 saturated carbocycles. The van der Waals surface area contributed by atoms with E-state index in [0.29, 0.717) is 5.56 Å². The Morgan fingerprint density at radius 1 is 1.05 bits per heavy atom. The number of fused-ring (bicyclic) bond motifs is 4. The fraction of sp³-hybridized carbons (Fsp3) is 0.457. The van der Waals surface area contributed by atoms with Gasteiger partial charge in [0.1, 0.15) is 36.3 Å². The maximum absolute atomic E-state index is 16.6. The number of benzene rings is 1. The van der Waals surface area contributed by atoms with E-state index in [1.807, 2.05) is 6.07 Å². The molecule has 5 aromatic rings. The molecule has 28 heteroatoms. The van der Waals surface area contributed by atoms with Crippen LogP contribution in [0.4, 0.5) is 16.2 Å². The number of hydrogen-bond donors (Lipinski definition) is 4. The van der Waals surface area contributed by atoms with Gasteiger partial charge in [-0.2, -0.15) is 10.2 Å². The largest absolute Gasteiger partial charge is 0.367 e. The molecule has 0 aliphatic carbocycles. The van der Waals surface area contributed by atoms with Crippen molar-refractivity contribution in [2.45, 2.75) is 68.9 Å². The van der Waals surface area contributed by atoms with Gasteiger partial charge in [-0.3, -0.25) is 42.9 Å². The van der Waals surface area contributed by atoms with Crippen LogP contribution >= 0.6 is 13.4 Å². The zero-order valence-corrected chi connectivity index (χ0v) is 36.3. The number of carbonyl (C=O) groups excluding carboxylic acids is 2.